The number of rotatable bonds is 2. The number of hydrogen-bond donors (Lipinski definition) is 1. The van der Waals surface area contributed by atoms with Crippen LogP contribution < -0.4 is 5.84 Å². The molecule has 1 aromatic rings. The highest BCUT2D eigenvalue weighted by atomic mass is 19.3. The number of aromatic nitrogens is 1. The molecule has 1 aromatic heterocycles. The van der Waals surface area contributed by atoms with Crippen molar-refractivity contribution in [2.24, 2.45) is 5.84 Å². The van der Waals surface area contributed by atoms with Gasteiger partial charge in [0.1, 0.15) is 6.26 Å². The molecule has 2 N–H and O–H groups in total. The highest BCUT2D eigenvalue weighted by molar-refractivity contribution is 6.03. The molecule has 0 spiro atoms. The van der Waals surface area contributed by atoms with E-state index in [1.807, 2.05) is 0 Å². The first-order valence-electron chi connectivity index (χ1n) is 3.76. The largest absolute Gasteiger partial charge is 0.448 e. The number of hydrogen-bond acceptors (Lipinski definition) is 5. The molecule has 0 aromatic carbocycles. The average molecular weight is 219 g/mol. The quantitative estimate of drug-likeness (QED) is 0.432. The molecule has 0 unspecified atom stereocenters. The van der Waals surface area contributed by atoms with Crippen LogP contribution in [0.15, 0.2) is 10.7 Å². The highest BCUT2D eigenvalue weighted by Gasteiger charge is 2.28. The zero-order chi connectivity index (χ0) is 11.6. The van der Waals surface area contributed by atoms with E-state index in [0.717, 1.165) is 6.26 Å². The van der Waals surface area contributed by atoms with Crippen molar-refractivity contribution in [1.82, 2.24) is 9.99 Å². The minimum Gasteiger partial charge on any atom is -0.448 e. The number of nitrogens with two attached hydrogens (primary N) is 1. The highest BCUT2D eigenvalue weighted by Crippen LogP contribution is 2.05. The first kappa shape index (κ1) is 11.2. The smallest absolute Gasteiger partial charge is 0.317 e. The first-order valence-corrected chi connectivity index (χ1v) is 3.76. The summed E-state index contributed by atoms with van der Waals surface area (Å²) >= 11 is 0. The summed E-state index contributed by atoms with van der Waals surface area (Å²) in [5.41, 5.74) is -0.302. The molecule has 1 rings (SSSR count). The van der Waals surface area contributed by atoms with Gasteiger partial charge in [0.05, 0.1) is 0 Å². The average Bonchev–Trinajstić information content (AvgIpc) is 2.61. The minimum absolute atomic E-state index is 0.163. The Morgan fingerprint density at radius 3 is 2.60 bits per heavy atom. The Balaban J connectivity index is 2.82. The third-order valence-corrected chi connectivity index (χ3v) is 1.48. The van der Waals surface area contributed by atoms with Gasteiger partial charge in [-0.25, -0.2) is 15.8 Å². The number of carbonyl (C=O) groups excluding carboxylic acids is 2. The summed E-state index contributed by atoms with van der Waals surface area (Å²) in [5, 5.41) is -0.193. The van der Waals surface area contributed by atoms with Gasteiger partial charge in [0.25, 0.3) is 5.91 Å². The number of amides is 2. The Hall–Kier alpha value is -1.83. The van der Waals surface area contributed by atoms with Crippen molar-refractivity contribution in [2.75, 3.05) is 0 Å². The molecule has 0 atom stereocenters. The molecule has 0 saturated heterocycles. The lowest BCUT2D eigenvalue weighted by Gasteiger charge is -2.11. The molecule has 1 heterocycles. The van der Waals surface area contributed by atoms with Gasteiger partial charge in [-0.3, -0.25) is 9.59 Å². The predicted molar refractivity (Wildman–Crippen MR) is 42.6 cm³/mol. The standard InChI is InChI=1S/C7H7F2N3O3/c1-3-11-4(2-15-3)6(13)12(10)7(14)5(8)9/h2,5H,10H2,1H3. The second-order valence-corrected chi connectivity index (χ2v) is 2.57. The molecule has 8 heteroatoms. The van der Waals surface area contributed by atoms with E-state index in [-0.39, 0.29) is 16.6 Å². The molecule has 0 aliphatic heterocycles. The Morgan fingerprint density at radius 1 is 1.60 bits per heavy atom. The van der Waals surface area contributed by atoms with Gasteiger partial charge in [-0.1, -0.05) is 0 Å². The van der Waals surface area contributed by atoms with Crippen LogP contribution in [0.5, 0.6) is 0 Å². The van der Waals surface area contributed by atoms with E-state index >= 15 is 0 Å². The van der Waals surface area contributed by atoms with Crippen LogP contribution in [0.1, 0.15) is 16.4 Å². The zero-order valence-electron chi connectivity index (χ0n) is 7.61. The molecule has 6 nitrogen and oxygen atoms in total. The molecule has 0 radical (unpaired) electrons. The maximum absolute atomic E-state index is 11.9. The lowest BCUT2D eigenvalue weighted by molar-refractivity contribution is -0.140. The second-order valence-electron chi connectivity index (χ2n) is 2.57. The fraction of sp³-hybridized carbons (Fsp3) is 0.286. The van der Waals surface area contributed by atoms with Crippen molar-refractivity contribution in [2.45, 2.75) is 13.3 Å². The molecular weight excluding hydrogens is 212 g/mol. The molecule has 0 aliphatic rings. The van der Waals surface area contributed by atoms with E-state index in [9.17, 15) is 18.4 Å². The van der Waals surface area contributed by atoms with Crippen LogP contribution in [-0.4, -0.2) is 28.2 Å². The Morgan fingerprint density at radius 2 is 2.20 bits per heavy atom. The fourth-order valence-electron chi connectivity index (χ4n) is 0.790. The number of hydrazine groups is 1. The van der Waals surface area contributed by atoms with E-state index in [1.165, 1.54) is 6.92 Å². The van der Waals surface area contributed by atoms with Crippen molar-refractivity contribution in [3.63, 3.8) is 0 Å². The van der Waals surface area contributed by atoms with Crippen molar-refractivity contribution in [3.8, 4) is 0 Å². The summed E-state index contributed by atoms with van der Waals surface area (Å²) in [6.45, 7) is 1.45. The lowest BCUT2D eigenvalue weighted by atomic mass is 10.4. The number of oxazole rings is 1. The Kier molecular flexibility index (Phi) is 3.10. The number of halogens is 2. The van der Waals surface area contributed by atoms with Crippen molar-refractivity contribution in [1.29, 1.82) is 0 Å². The van der Waals surface area contributed by atoms with E-state index in [1.54, 1.807) is 0 Å². The predicted octanol–water partition coefficient (Wildman–Crippen LogP) is 0.0906. The molecular formula is C7H7F2N3O3. The monoisotopic (exact) mass is 219 g/mol. The second kappa shape index (κ2) is 4.13. The van der Waals surface area contributed by atoms with Crippen LogP contribution in [0.3, 0.4) is 0 Å². The van der Waals surface area contributed by atoms with Gasteiger partial charge in [0, 0.05) is 6.92 Å². The SMILES string of the molecule is Cc1nc(C(=O)N(N)C(=O)C(F)F)co1. The van der Waals surface area contributed by atoms with Crippen LogP contribution >= 0.6 is 0 Å². The molecule has 0 saturated carbocycles. The molecule has 82 valence electrons. The van der Waals surface area contributed by atoms with E-state index < -0.39 is 18.2 Å². The van der Waals surface area contributed by atoms with Gasteiger partial charge < -0.3 is 4.42 Å². The van der Waals surface area contributed by atoms with Crippen LogP contribution in [0.4, 0.5) is 8.78 Å². The number of carbonyl (C=O) groups is 2. The first-order chi connectivity index (χ1) is 6.93. The van der Waals surface area contributed by atoms with E-state index in [2.05, 4.69) is 9.40 Å². The van der Waals surface area contributed by atoms with Gasteiger partial charge in [-0.2, -0.15) is 8.78 Å². The minimum atomic E-state index is -3.34. The summed E-state index contributed by atoms with van der Waals surface area (Å²) in [4.78, 5) is 25.4. The molecule has 15 heavy (non-hydrogen) atoms. The topological polar surface area (TPSA) is 89.4 Å². The summed E-state index contributed by atoms with van der Waals surface area (Å²) in [5.74, 6) is 2.11. The molecule has 0 fully saturated rings. The van der Waals surface area contributed by atoms with E-state index in [0.29, 0.717) is 0 Å². The van der Waals surface area contributed by atoms with Crippen LogP contribution in [0.25, 0.3) is 0 Å². The van der Waals surface area contributed by atoms with Gasteiger partial charge in [0.15, 0.2) is 11.6 Å². The number of aryl methyl sites for hydroxylation is 1. The van der Waals surface area contributed by atoms with Crippen molar-refractivity contribution < 1.29 is 22.8 Å². The maximum Gasteiger partial charge on any atom is 0.317 e. The number of imide groups is 1. The molecule has 0 bridgehead atoms. The summed E-state index contributed by atoms with van der Waals surface area (Å²) < 4.78 is 28.4. The van der Waals surface area contributed by atoms with Crippen LogP contribution in [-0.2, 0) is 4.79 Å². The van der Waals surface area contributed by atoms with Crippen LogP contribution in [0, 0.1) is 6.92 Å². The lowest BCUT2D eigenvalue weighted by Crippen LogP contribution is -2.45. The third-order valence-electron chi connectivity index (χ3n) is 1.48. The van der Waals surface area contributed by atoms with Gasteiger partial charge in [-0.05, 0) is 0 Å². The van der Waals surface area contributed by atoms with Crippen molar-refractivity contribution in [3.05, 3.63) is 17.8 Å². The summed E-state index contributed by atoms with van der Waals surface area (Å²) in [6.07, 6.45) is -2.41. The van der Waals surface area contributed by atoms with Gasteiger partial charge >= 0.3 is 12.3 Å². The van der Waals surface area contributed by atoms with Crippen molar-refractivity contribution >= 4 is 11.8 Å². The number of alkyl halides is 2. The van der Waals surface area contributed by atoms with Gasteiger partial charge in [0.2, 0.25) is 0 Å². The molecule has 0 aliphatic carbocycles. The van der Waals surface area contributed by atoms with Crippen LogP contribution in [0.2, 0.25) is 0 Å². The molecule has 2 amide bonds. The van der Waals surface area contributed by atoms with E-state index in [4.69, 9.17) is 5.84 Å². The normalized spacial score (nSPS) is 10.5. The maximum atomic E-state index is 11.9. The Bertz CT molecular complexity index is 391. The van der Waals surface area contributed by atoms with Gasteiger partial charge in [-0.15, -0.1) is 0 Å². The fourth-order valence-corrected chi connectivity index (χ4v) is 0.790. The third kappa shape index (κ3) is 2.34. The summed E-state index contributed by atoms with van der Waals surface area (Å²) in [6, 6.07) is 0. The summed E-state index contributed by atoms with van der Waals surface area (Å²) in [7, 11) is 0. The zero-order valence-corrected chi connectivity index (χ0v) is 7.61. The number of nitrogens with zero attached hydrogens (tertiary/aromatic N) is 2. The Labute approximate surface area is 82.6 Å².